The molecule has 0 amide bonds. The van der Waals surface area contributed by atoms with E-state index in [1.165, 1.54) is 11.8 Å². The number of aliphatic hydroxyl groups is 2. The summed E-state index contributed by atoms with van der Waals surface area (Å²) in [4.78, 5) is 22.8. The molecule has 1 saturated carbocycles. The van der Waals surface area contributed by atoms with E-state index in [-0.39, 0.29) is 29.8 Å². The van der Waals surface area contributed by atoms with Gasteiger partial charge < -0.3 is 15.3 Å². The maximum absolute atomic E-state index is 12.3. The van der Waals surface area contributed by atoms with Crippen molar-refractivity contribution in [1.29, 1.82) is 0 Å². The van der Waals surface area contributed by atoms with Crippen LogP contribution in [0.25, 0.3) is 0 Å². The predicted octanol–water partition coefficient (Wildman–Crippen LogP) is 3.98. The van der Waals surface area contributed by atoms with E-state index in [1.54, 1.807) is 6.08 Å². The van der Waals surface area contributed by atoms with E-state index < -0.39 is 17.7 Å². The fraction of sp³-hybridized carbons (Fsp3) is 0.727. The van der Waals surface area contributed by atoms with Gasteiger partial charge in [0.1, 0.15) is 5.78 Å². The van der Waals surface area contributed by atoms with Crippen LogP contribution < -0.4 is 0 Å². The molecule has 1 fully saturated rings. The van der Waals surface area contributed by atoms with Crippen molar-refractivity contribution in [2.45, 2.75) is 76.4 Å². The predicted molar refractivity (Wildman–Crippen MR) is 114 cm³/mol. The van der Waals surface area contributed by atoms with E-state index in [4.69, 9.17) is 5.11 Å². The van der Waals surface area contributed by atoms with Crippen LogP contribution in [0.3, 0.4) is 0 Å². The lowest BCUT2D eigenvalue weighted by atomic mass is 9.86. The zero-order valence-corrected chi connectivity index (χ0v) is 17.8. The van der Waals surface area contributed by atoms with Crippen molar-refractivity contribution in [3.8, 4) is 0 Å². The smallest absolute Gasteiger partial charge is 0.313 e. The van der Waals surface area contributed by atoms with Gasteiger partial charge >= 0.3 is 5.97 Å². The number of aliphatic carboxylic acids is 1. The molecule has 6 heteroatoms. The summed E-state index contributed by atoms with van der Waals surface area (Å²) in [5, 5.41) is 29.7. The quantitative estimate of drug-likeness (QED) is 0.278. The Morgan fingerprint density at radius 1 is 1.32 bits per heavy atom. The SMILES string of the molecule is C=CCC(O)(CC=C[C@H]1[C@H](O)CC(=O)[C@@H]1CCCCSCC(=O)O)CCCC. The summed E-state index contributed by atoms with van der Waals surface area (Å²) in [5.41, 5.74) is -0.807. The molecule has 0 aromatic heterocycles. The van der Waals surface area contributed by atoms with Crippen molar-refractivity contribution in [2.75, 3.05) is 11.5 Å². The van der Waals surface area contributed by atoms with Gasteiger partial charge in [0.15, 0.2) is 0 Å². The van der Waals surface area contributed by atoms with Gasteiger partial charge in [0, 0.05) is 18.3 Å². The van der Waals surface area contributed by atoms with Crippen LogP contribution in [0.5, 0.6) is 0 Å². The van der Waals surface area contributed by atoms with Crippen molar-refractivity contribution in [1.82, 2.24) is 0 Å². The van der Waals surface area contributed by atoms with E-state index in [2.05, 4.69) is 13.5 Å². The molecule has 0 aromatic rings. The highest BCUT2D eigenvalue weighted by Crippen LogP contribution is 2.35. The third-order valence-corrected chi connectivity index (χ3v) is 6.42. The second-order valence-electron chi connectivity index (χ2n) is 7.82. The summed E-state index contributed by atoms with van der Waals surface area (Å²) in [5.74, 6) is -0.204. The van der Waals surface area contributed by atoms with Crippen LogP contribution in [0.15, 0.2) is 24.8 Å². The number of aliphatic hydroxyl groups excluding tert-OH is 1. The first kappa shape index (κ1) is 24.9. The lowest BCUT2D eigenvalue weighted by Crippen LogP contribution is -2.27. The highest BCUT2D eigenvalue weighted by atomic mass is 32.2. The second-order valence-corrected chi connectivity index (χ2v) is 8.92. The zero-order valence-electron chi connectivity index (χ0n) is 17.0. The Bertz CT molecular complexity index is 533. The van der Waals surface area contributed by atoms with Gasteiger partial charge in [-0.05, 0) is 37.9 Å². The number of Topliss-reactive ketones (excluding diaryl/α,β-unsaturated/α-hetero) is 1. The number of carbonyl (C=O) groups excluding carboxylic acids is 1. The lowest BCUT2D eigenvalue weighted by Gasteiger charge is -2.26. The number of hydrogen-bond donors (Lipinski definition) is 3. The molecule has 0 saturated heterocycles. The number of carboxylic acids is 1. The van der Waals surface area contributed by atoms with E-state index in [9.17, 15) is 19.8 Å². The minimum Gasteiger partial charge on any atom is -0.481 e. The average molecular weight is 413 g/mol. The Labute approximate surface area is 173 Å². The standard InChI is InChI=1S/C22H36O5S/c1-3-5-12-22(27,11-4-2)13-8-10-18-17(19(23)15-20(18)24)9-6-7-14-28-16-21(25)26/h4,8,10,17-18,20,24,27H,2-3,5-7,9,11-16H2,1H3,(H,25,26)/t17-,18-,20-,22?/m1/s1. The van der Waals surface area contributed by atoms with Gasteiger partial charge in [-0.15, -0.1) is 6.58 Å². The first-order chi connectivity index (χ1) is 13.3. The molecular formula is C22H36O5S. The van der Waals surface area contributed by atoms with Crippen LogP contribution in [-0.4, -0.2) is 50.3 Å². The van der Waals surface area contributed by atoms with E-state index >= 15 is 0 Å². The monoisotopic (exact) mass is 412 g/mol. The Morgan fingerprint density at radius 3 is 2.71 bits per heavy atom. The van der Waals surface area contributed by atoms with Crippen molar-refractivity contribution in [3.63, 3.8) is 0 Å². The fourth-order valence-corrected chi connectivity index (χ4v) is 4.55. The molecule has 1 aliphatic rings. The summed E-state index contributed by atoms with van der Waals surface area (Å²) < 4.78 is 0. The van der Waals surface area contributed by atoms with Crippen LogP contribution in [0.1, 0.15) is 64.7 Å². The summed E-state index contributed by atoms with van der Waals surface area (Å²) in [6, 6.07) is 0. The van der Waals surface area contributed by atoms with Crippen LogP contribution >= 0.6 is 11.8 Å². The molecule has 1 aliphatic carbocycles. The largest absolute Gasteiger partial charge is 0.481 e. The van der Waals surface area contributed by atoms with Gasteiger partial charge in [0.2, 0.25) is 0 Å². The molecule has 0 spiro atoms. The molecule has 0 radical (unpaired) electrons. The van der Waals surface area contributed by atoms with E-state index in [0.29, 0.717) is 25.7 Å². The molecule has 3 N–H and O–H groups in total. The summed E-state index contributed by atoms with van der Waals surface area (Å²) in [6.07, 6.45) is 11.2. The highest BCUT2D eigenvalue weighted by Gasteiger charge is 2.39. The lowest BCUT2D eigenvalue weighted by molar-refractivity contribution is -0.134. The molecule has 4 atom stereocenters. The molecule has 0 bridgehead atoms. The van der Waals surface area contributed by atoms with Gasteiger partial charge in [-0.25, -0.2) is 0 Å². The molecule has 5 nitrogen and oxygen atoms in total. The van der Waals surface area contributed by atoms with Gasteiger partial charge in [-0.1, -0.05) is 44.4 Å². The summed E-state index contributed by atoms with van der Waals surface area (Å²) in [6.45, 7) is 5.83. The maximum atomic E-state index is 12.3. The molecule has 160 valence electrons. The molecule has 0 aliphatic heterocycles. The summed E-state index contributed by atoms with van der Waals surface area (Å²) >= 11 is 1.39. The molecule has 0 aromatic carbocycles. The Balaban J connectivity index is 2.55. The number of unbranched alkanes of at least 4 members (excludes halogenated alkanes) is 2. The highest BCUT2D eigenvalue weighted by molar-refractivity contribution is 7.99. The van der Waals surface area contributed by atoms with E-state index in [0.717, 1.165) is 31.4 Å². The van der Waals surface area contributed by atoms with Crippen molar-refractivity contribution >= 4 is 23.5 Å². The molecule has 28 heavy (non-hydrogen) atoms. The first-order valence-corrected chi connectivity index (χ1v) is 11.5. The fourth-order valence-electron chi connectivity index (χ4n) is 3.83. The van der Waals surface area contributed by atoms with Gasteiger partial charge in [0.25, 0.3) is 0 Å². The van der Waals surface area contributed by atoms with Crippen LogP contribution in [0.4, 0.5) is 0 Å². The van der Waals surface area contributed by atoms with Crippen LogP contribution in [0.2, 0.25) is 0 Å². The van der Waals surface area contributed by atoms with Crippen LogP contribution in [-0.2, 0) is 9.59 Å². The number of carbonyl (C=O) groups is 2. The Morgan fingerprint density at radius 2 is 2.07 bits per heavy atom. The number of ketones is 1. The second kappa shape index (κ2) is 13.2. The van der Waals surface area contributed by atoms with Gasteiger partial charge in [-0.2, -0.15) is 11.8 Å². The van der Waals surface area contributed by atoms with Crippen molar-refractivity contribution in [2.24, 2.45) is 11.8 Å². The minimum absolute atomic E-state index is 0.104. The van der Waals surface area contributed by atoms with Crippen molar-refractivity contribution in [3.05, 3.63) is 24.8 Å². The van der Waals surface area contributed by atoms with E-state index in [1.807, 2.05) is 12.2 Å². The van der Waals surface area contributed by atoms with Crippen LogP contribution in [0, 0.1) is 11.8 Å². The zero-order chi connectivity index (χ0) is 21.0. The van der Waals surface area contributed by atoms with Gasteiger partial charge in [0.05, 0.1) is 17.5 Å². The Hall–Kier alpha value is -1.11. The van der Waals surface area contributed by atoms with Crippen molar-refractivity contribution < 1.29 is 24.9 Å². The normalized spacial score (nSPS) is 24.5. The molecular weight excluding hydrogens is 376 g/mol. The average Bonchev–Trinajstić information content (AvgIpc) is 2.89. The maximum Gasteiger partial charge on any atom is 0.313 e. The molecule has 0 heterocycles. The molecule has 1 unspecified atom stereocenters. The first-order valence-electron chi connectivity index (χ1n) is 10.3. The Kier molecular flexibility index (Phi) is 11.7. The topological polar surface area (TPSA) is 94.8 Å². The number of hydrogen-bond acceptors (Lipinski definition) is 5. The number of thioether (sulfide) groups is 1. The third kappa shape index (κ3) is 8.93. The number of carboxylic acid groups (broad SMARTS) is 1. The molecule has 1 rings (SSSR count). The van der Waals surface area contributed by atoms with Gasteiger partial charge in [-0.3, -0.25) is 9.59 Å². The third-order valence-electron chi connectivity index (χ3n) is 5.39. The summed E-state index contributed by atoms with van der Waals surface area (Å²) in [7, 11) is 0. The number of rotatable bonds is 15. The minimum atomic E-state index is -0.807.